The van der Waals surface area contributed by atoms with E-state index in [0.717, 1.165) is 24.4 Å². The largest absolute Gasteiger partial charge is 0.497 e. The summed E-state index contributed by atoms with van der Waals surface area (Å²) in [5, 5.41) is 6.45. The molecule has 0 aliphatic carbocycles. The number of nitrogens with one attached hydrogen (secondary N) is 2. The van der Waals surface area contributed by atoms with Crippen molar-refractivity contribution in [3.05, 3.63) is 60.4 Å². The fraction of sp³-hybridized carbons (Fsp3) is 0.167. The number of hydrogen-bond donors (Lipinski definition) is 3. The predicted octanol–water partition coefficient (Wildman–Crippen LogP) is 2.86. The molecule has 0 saturated heterocycles. The summed E-state index contributed by atoms with van der Waals surface area (Å²) in [4.78, 5) is 12.4. The Balaban J connectivity index is 1.60. The number of aromatic nitrogens is 3. The maximum atomic E-state index is 5.80. The SMILES string of the molecule is COc1ccc(CCNc2cc(Nc3ccncc3)nc(N)n2)cc1. The highest BCUT2D eigenvalue weighted by Gasteiger charge is 2.03. The van der Waals surface area contributed by atoms with Crippen LogP contribution in [0.4, 0.5) is 23.3 Å². The molecule has 0 bridgehead atoms. The monoisotopic (exact) mass is 336 g/mol. The maximum absolute atomic E-state index is 5.80. The third-order valence-corrected chi connectivity index (χ3v) is 3.58. The van der Waals surface area contributed by atoms with Crippen LogP contribution in [0.15, 0.2) is 54.9 Å². The summed E-state index contributed by atoms with van der Waals surface area (Å²) < 4.78 is 5.16. The molecule has 0 fully saturated rings. The van der Waals surface area contributed by atoms with Crippen LogP contribution in [0.3, 0.4) is 0 Å². The minimum atomic E-state index is 0.214. The molecule has 0 aliphatic rings. The number of nitrogens with zero attached hydrogens (tertiary/aromatic N) is 3. The van der Waals surface area contributed by atoms with Gasteiger partial charge in [-0.2, -0.15) is 9.97 Å². The molecule has 7 heteroatoms. The summed E-state index contributed by atoms with van der Waals surface area (Å²) in [7, 11) is 1.66. The zero-order chi connectivity index (χ0) is 17.5. The molecule has 0 unspecified atom stereocenters. The second-order valence-electron chi connectivity index (χ2n) is 5.38. The molecule has 25 heavy (non-hydrogen) atoms. The van der Waals surface area contributed by atoms with Crippen LogP contribution in [-0.4, -0.2) is 28.6 Å². The number of ether oxygens (including phenoxy) is 1. The molecule has 0 saturated carbocycles. The molecule has 128 valence electrons. The number of nitrogen functional groups attached to an aromatic ring is 1. The summed E-state index contributed by atoms with van der Waals surface area (Å²) in [6, 6.07) is 13.5. The normalized spacial score (nSPS) is 10.3. The lowest BCUT2D eigenvalue weighted by Gasteiger charge is -2.10. The van der Waals surface area contributed by atoms with Gasteiger partial charge in [-0.3, -0.25) is 4.98 Å². The van der Waals surface area contributed by atoms with Crippen LogP contribution in [0.5, 0.6) is 5.75 Å². The van der Waals surface area contributed by atoms with Crippen LogP contribution < -0.4 is 21.1 Å². The lowest BCUT2D eigenvalue weighted by Crippen LogP contribution is -2.09. The minimum Gasteiger partial charge on any atom is -0.497 e. The van der Waals surface area contributed by atoms with E-state index in [4.69, 9.17) is 10.5 Å². The van der Waals surface area contributed by atoms with Gasteiger partial charge in [0.15, 0.2) is 0 Å². The van der Waals surface area contributed by atoms with E-state index in [2.05, 4.69) is 25.6 Å². The molecule has 4 N–H and O–H groups in total. The highest BCUT2D eigenvalue weighted by Crippen LogP contribution is 2.18. The fourth-order valence-corrected chi connectivity index (χ4v) is 2.33. The molecule has 0 atom stereocenters. The van der Waals surface area contributed by atoms with Crippen molar-refractivity contribution in [3.63, 3.8) is 0 Å². The number of rotatable bonds is 7. The van der Waals surface area contributed by atoms with Gasteiger partial charge < -0.3 is 21.1 Å². The summed E-state index contributed by atoms with van der Waals surface area (Å²) in [5.74, 6) is 2.38. The van der Waals surface area contributed by atoms with Crippen molar-refractivity contribution in [2.24, 2.45) is 0 Å². The third kappa shape index (κ3) is 4.81. The van der Waals surface area contributed by atoms with Crippen molar-refractivity contribution in [2.45, 2.75) is 6.42 Å². The van der Waals surface area contributed by atoms with Crippen molar-refractivity contribution in [2.75, 3.05) is 30.0 Å². The standard InChI is InChI=1S/C18H20N6O/c1-25-15-4-2-13(3-5-15)6-11-21-16-12-17(24-18(19)23-16)22-14-7-9-20-10-8-14/h2-5,7-10,12H,6,11H2,1H3,(H4,19,20,21,22,23,24). The number of methoxy groups -OCH3 is 1. The Morgan fingerprint density at radius 1 is 1.00 bits per heavy atom. The van der Waals surface area contributed by atoms with Crippen LogP contribution in [0.25, 0.3) is 0 Å². The average Bonchev–Trinajstić information content (AvgIpc) is 2.63. The third-order valence-electron chi connectivity index (χ3n) is 3.58. The number of nitrogens with two attached hydrogens (primary N) is 1. The van der Waals surface area contributed by atoms with Crippen LogP contribution in [0.2, 0.25) is 0 Å². The van der Waals surface area contributed by atoms with Gasteiger partial charge in [-0.15, -0.1) is 0 Å². The molecule has 0 radical (unpaired) electrons. The van der Waals surface area contributed by atoms with E-state index in [1.54, 1.807) is 19.5 Å². The second-order valence-corrected chi connectivity index (χ2v) is 5.38. The molecule has 1 aromatic carbocycles. The topological polar surface area (TPSA) is 98.0 Å². The second kappa shape index (κ2) is 7.96. The Morgan fingerprint density at radius 3 is 2.44 bits per heavy atom. The van der Waals surface area contributed by atoms with Crippen LogP contribution in [0, 0.1) is 0 Å². The van der Waals surface area contributed by atoms with Gasteiger partial charge in [0.25, 0.3) is 0 Å². The van der Waals surface area contributed by atoms with Crippen molar-refractivity contribution >= 4 is 23.3 Å². The first-order chi connectivity index (χ1) is 12.2. The zero-order valence-electron chi connectivity index (χ0n) is 13.9. The lowest BCUT2D eigenvalue weighted by molar-refractivity contribution is 0.414. The Kier molecular flexibility index (Phi) is 5.26. The molecular weight excluding hydrogens is 316 g/mol. The molecule has 0 aliphatic heterocycles. The predicted molar refractivity (Wildman–Crippen MR) is 99.2 cm³/mol. The van der Waals surface area contributed by atoms with Gasteiger partial charge in [-0.05, 0) is 36.2 Å². The molecule has 2 heterocycles. The van der Waals surface area contributed by atoms with Crippen molar-refractivity contribution in [1.29, 1.82) is 0 Å². The Morgan fingerprint density at radius 2 is 1.72 bits per heavy atom. The van der Waals surface area contributed by atoms with E-state index in [9.17, 15) is 0 Å². The van der Waals surface area contributed by atoms with E-state index < -0.39 is 0 Å². The Labute approximate surface area is 146 Å². The summed E-state index contributed by atoms with van der Waals surface area (Å²) >= 11 is 0. The van der Waals surface area contributed by atoms with Crippen LogP contribution in [0.1, 0.15) is 5.56 Å². The minimum absolute atomic E-state index is 0.214. The number of benzene rings is 1. The Bertz CT molecular complexity index is 808. The number of pyridine rings is 1. The zero-order valence-corrected chi connectivity index (χ0v) is 13.9. The molecule has 3 rings (SSSR count). The van der Waals surface area contributed by atoms with Gasteiger partial charge in [-0.1, -0.05) is 12.1 Å². The van der Waals surface area contributed by atoms with Crippen LogP contribution in [-0.2, 0) is 6.42 Å². The van der Waals surface area contributed by atoms with Crippen molar-refractivity contribution in [1.82, 2.24) is 15.0 Å². The van der Waals surface area contributed by atoms with Gasteiger partial charge in [0.2, 0.25) is 5.95 Å². The highest BCUT2D eigenvalue weighted by molar-refractivity contribution is 5.60. The molecule has 0 amide bonds. The quantitative estimate of drug-likeness (QED) is 0.610. The first kappa shape index (κ1) is 16.5. The fourth-order valence-electron chi connectivity index (χ4n) is 2.33. The smallest absolute Gasteiger partial charge is 0.223 e. The maximum Gasteiger partial charge on any atom is 0.223 e. The van der Waals surface area contributed by atoms with Crippen molar-refractivity contribution in [3.8, 4) is 5.75 Å². The average molecular weight is 336 g/mol. The van der Waals surface area contributed by atoms with E-state index in [1.165, 1.54) is 5.56 Å². The summed E-state index contributed by atoms with van der Waals surface area (Å²) in [6.07, 6.45) is 4.28. The molecule has 2 aromatic heterocycles. The van der Waals surface area contributed by atoms with Gasteiger partial charge >= 0.3 is 0 Å². The van der Waals surface area contributed by atoms with Gasteiger partial charge in [0, 0.05) is 30.7 Å². The number of hydrogen-bond acceptors (Lipinski definition) is 7. The Hall–Kier alpha value is -3.35. The number of anilines is 4. The van der Waals surface area contributed by atoms with Gasteiger partial charge in [0.1, 0.15) is 17.4 Å². The van der Waals surface area contributed by atoms with Crippen LogP contribution >= 0.6 is 0 Å². The summed E-state index contributed by atoms with van der Waals surface area (Å²) in [5.41, 5.74) is 7.90. The highest BCUT2D eigenvalue weighted by atomic mass is 16.5. The summed E-state index contributed by atoms with van der Waals surface area (Å²) in [6.45, 7) is 0.734. The molecule has 3 aromatic rings. The van der Waals surface area contributed by atoms with E-state index in [-0.39, 0.29) is 5.95 Å². The van der Waals surface area contributed by atoms with Gasteiger partial charge in [0.05, 0.1) is 7.11 Å². The first-order valence-corrected chi connectivity index (χ1v) is 7.91. The molecule has 0 spiro atoms. The van der Waals surface area contributed by atoms with E-state index in [1.807, 2.05) is 42.5 Å². The lowest BCUT2D eigenvalue weighted by atomic mass is 10.1. The molecule has 7 nitrogen and oxygen atoms in total. The van der Waals surface area contributed by atoms with Crippen molar-refractivity contribution < 1.29 is 4.74 Å². The first-order valence-electron chi connectivity index (χ1n) is 7.91. The molecular formula is C18H20N6O. The van der Waals surface area contributed by atoms with E-state index >= 15 is 0 Å². The van der Waals surface area contributed by atoms with E-state index in [0.29, 0.717) is 11.6 Å². The van der Waals surface area contributed by atoms with Gasteiger partial charge in [-0.25, -0.2) is 0 Å².